The summed E-state index contributed by atoms with van der Waals surface area (Å²) >= 11 is 6.07. The topological polar surface area (TPSA) is 98.6 Å². The van der Waals surface area contributed by atoms with Crippen LogP contribution in [0.1, 0.15) is 15.9 Å². The maximum absolute atomic E-state index is 13.0. The van der Waals surface area contributed by atoms with Gasteiger partial charge in [-0.2, -0.15) is 0 Å². The fraction of sp³-hybridized carbons (Fsp3) is 0.261. The van der Waals surface area contributed by atoms with E-state index in [0.717, 1.165) is 0 Å². The number of hydrogen-bond acceptors (Lipinski definition) is 4. The van der Waals surface area contributed by atoms with E-state index in [1.54, 1.807) is 38.8 Å². The number of aryl methyl sites for hydroxylation is 1. The molecule has 0 radical (unpaired) electrons. The molecule has 2 aliphatic heterocycles. The van der Waals surface area contributed by atoms with E-state index in [4.69, 9.17) is 11.6 Å². The number of halogens is 1. The number of benzene rings is 1. The van der Waals surface area contributed by atoms with Crippen LogP contribution in [-0.2, 0) is 11.8 Å². The van der Waals surface area contributed by atoms with Crippen LogP contribution in [0.5, 0.6) is 5.75 Å². The third-order valence-corrected chi connectivity index (χ3v) is 6.57. The molecule has 2 amide bonds. The number of nitrogens with one attached hydrogen (secondary N) is 1. The molecular formula is C23H21ClN4O4. The quantitative estimate of drug-likeness (QED) is 0.595. The van der Waals surface area contributed by atoms with Crippen molar-refractivity contribution in [2.24, 2.45) is 12.5 Å². The van der Waals surface area contributed by atoms with Crippen LogP contribution in [-0.4, -0.2) is 62.5 Å². The average molecular weight is 453 g/mol. The number of phenols is 1. The summed E-state index contributed by atoms with van der Waals surface area (Å²) in [5.74, 6) is -0.164. The number of pyridine rings is 1. The van der Waals surface area contributed by atoms with Gasteiger partial charge in [0.2, 0.25) is 5.91 Å². The molecule has 0 atom stereocenters. The number of carbonyl (C=O) groups excluding carboxylic acids is 2. The van der Waals surface area contributed by atoms with Gasteiger partial charge in [0.1, 0.15) is 5.75 Å². The molecule has 164 valence electrons. The third kappa shape index (κ3) is 3.27. The summed E-state index contributed by atoms with van der Waals surface area (Å²) in [5.41, 5.74) is 1.48. The molecule has 2 N–H and O–H groups in total. The zero-order valence-corrected chi connectivity index (χ0v) is 18.1. The first-order chi connectivity index (χ1) is 15.3. The van der Waals surface area contributed by atoms with Crippen molar-refractivity contribution in [1.82, 2.24) is 19.4 Å². The zero-order valence-electron chi connectivity index (χ0n) is 17.3. The lowest BCUT2D eigenvalue weighted by atomic mass is 9.72. The molecule has 0 saturated carbocycles. The molecule has 1 spiro atoms. The second kappa shape index (κ2) is 7.27. The second-order valence-corrected chi connectivity index (χ2v) is 9.02. The number of aromatic hydroxyl groups is 1. The van der Waals surface area contributed by atoms with Gasteiger partial charge in [-0.3, -0.25) is 14.4 Å². The number of phenolic OH excluding ortho intramolecular Hbond substituents is 1. The maximum atomic E-state index is 13.0. The minimum Gasteiger partial charge on any atom is -0.508 e. The Morgan fingerprint density at radius 3 is 2.59 bits per heavy atom. The molecular weight excluding hydrogens is 432 g/mol. The van der Waals surface area contributed by atoms with Crippen molar-refractivity contribution in [3.05, 3.63) is 69.2 Å². The first-order valence-electron chi connectivity index (χ1n) is 10.2. The highest BCUT2D eigenvalue weighted by Gasteiger charge is 2.54. The minimum atomic E-state index is -0.216. The van der Waals surface area contributed by atoms with E-state index < -0.39 is 0 Å². The number of rotatable bonds is 3. The van der Waals surface area contributed by atoms with Crippen molar-refractivity contribution in [3.8, 4) is 5.75 Å². The molecule has 0 unspecified atom stereocenters. The molecule has 4 heterocycles. The molecule has 9 heteroatoms. The Labute approximate surface area is 188 Å². The average Bonchev–Trinajstić information content (AvgIpc) is 3.08. The first-order valence-corrected chi connectivity index (χ1v) is 10.6. The van der Waals surface area contributed by atoms with Crippen molar-refractivity contribution >= 4 is 40.4 Å². The highest BCUT2D eigenvalue weighted by atomic mass is 35.5. The molecule has 2 fully saturated rings. The summed E-state index contributed by atoms with van der Waals surface area (Å²) in [6.45, 7) is 2.34. The van der Waals surface area contributed by atoms with Gasteiger partial charge in [-0.25, -0.2) is 0 Å². The van der Waals surface area contributed by atoms with Gasteiger partial charge in [-0.15, -0.1) is 0 Å². The predicted molar refractivity (Wildman–Crippen MR) is 121 cm³/mol. The zero-order chi connectivity index (χ0) is 22.6. The van der Waals surface area contributed by atoms with E-state index in [2.05, 4.69) is 4.98 Å². The Kier molecular flexibility index (Phi) is 4.63. The fourth-order valence-electron chi connectivity index (χ4n) is 4.61. The van der Waals surface area contributed by atoms with Gasteiger partial charge in [0.25, 0.3) is 11.5 Å². The van der Waals surface area contributed by atoms with Crippen molar-refractivity contribution in [2.45, 2.75) is 0 Å². The maximum Gasteiger partial charge on any atom is 0.257 e. The van der Waals surface area contributed by atoms with Crippen LogP contribution in [0.2, 0.25) is 5.02 Å². The van der Waals surface area contributed by atoms with Crippen molar-refractivity contribution in [3.63, 3.8) is 0 Å². The van der Waals surface area contributed by atoms with Crippen molar-refractivity contribution in [2.75, 3.05) is 26.2 Å². The van der Waals surface area contributed by atoms with Crippen LogP contribution >= 0.6 is 11.6 Å². The van der Waals surface area contributed by atoms with Crippen molar-refractivity contribution < 1.29 is 14.7 Å². The van der Waals surface area contributed by atoms with E-state index in [9.17, 15) is 19.5 Å². The molecule has 5 rings (SSSR count). The number of H-pyrrole nitrogens is 1. The van der Waals surface area contributed by atoms with Crippen LogP contribution in [0, 0.1) is 5.41 Å². The summed E-state index contributed by atoms with van der Waals surface area (Å²) in [6.07, 6.45) is 6.35. The van der Waals surface area contributed by atoms with E-state index in [-0.39, 0.29) is 28.5 Å². The van der Waals surface area contributed by atoms with Gasteiger partial charge in [0.15, 0.2) is 0 Å². The van der Waals surface area contributed by atoms with Gasteiger partial charge in [-0.05, 0) is 35.9 Å². The first kappa shape index (κ1) is 20.4. The van der Waals surface area contributed by atoms with Gasteiger partial charge in [-0.1, -0.05) is 11.6 Å². The number of amides is 2. The van der Waals surface area contributed by atoms with Crippen LogP contribution < -0.4 is 5.56 Å². The van der Waals surface area contributed by atoms with Gasteiger partial charge < -0.3 is 24.5 Å². The van der Waals surface area contributed by atoms with Gasteiger partial charge in [0.05, 0.1) is 21.5 Å². The van der Waals surface area contributed by atoms with Gasteiger partial charge >= 0.3 is 0 Å². The molecule has 0 aliphatic carbocycles. The summed E-state index contributed by atoms with van der Waals surface area (Å²) in [6, 6.07) is 6.29. The number of hydrogen-bond donors (Lipinski definition) is 2. The highest BCUT2D eigenvalue weighted by molar-refractivity contribution is 6.32. The SMILES string of the molecule is Cn1ccc2c(=O)[nH]cc(C(=O)N3CC4(CN(C(=O)/C=C/c5ccc(O)cc5Cl)C4)C3)c21. The summed E-state index contributed by atoms with van der Waals surface area (Å²) in [5, 5.41) is 10.3. The lowest BCUT2D eigenvalue weighted by molar-refractivity contribution is -0.149. The van der Waals surface area contributed by atoms with Crippen LogP contribution in [0.25, 0.3) is 17.0 Å². The lowest BCUT2D eigenvalue weighted by Gasteiger charge is -2.59. The van der Waals surface area contributed by atoms with Crippen molar-refractivity contribution in [1.29, 1.82) is 0 Å². The lowest BCUT2D eigenvalue weighted by Crippen LogP contribution is -2.73. The molecule has 2 aromatic heterocycles. The second-order valence-electron chi connectivity index (χ2n) is 8.62. The molecule has 1 aromatic carbocycles. The predicted octanol–water partition coefficient (Wildman–Crippen LogP) is 2.22. The summed E-state index contributed by atoms with van der Waals surface area (Å²) in [4.78, 5) is 43.6. The Bertz CT molecular complexity index is 1340. The number of nitrogens with zero attached hydrogens (tertiary/aromatic N) is 3. The third-order valence-electron chi connectivity index (χ3n) is 6.24. The van der Waals surface area contributed by atoms with E-state index in [0.29, 0.717) is 53.2 Å². The fourth-order valence-corrected chi connectivity index (χ4v) is 4.85. The molecule has 2 saturated heterocycles. The van der Waals surface area contributed by atoms with Gasteiger partial charge in [0, 0.05) is 57.1 Å². The van der Waals surface area contributed by atoms with E-state index in [1.807, 2.05) is 7.05 Å². The molecule has 3 aromatic rings. The number of fused-ring (bicyclic) bond motifs is 1. The monoisotopic (exact) mass is 452 g/mol. The molecule has 2 aliphatic rings. The van der Waals surface area contributed by atoms with Crippen LogP contribution in [0.4, 0.5) is 0 Å². The standard InChI is InChI=1S/C23H21ClN4O4/c1-26-7-6-16-20(26)17(9-25-21(16)31)22(32)28-12-23(13-28)10-27(11-23)19(30)5-3-14-2-4-15(29)8-18(14)24/h2-9,29H,10-13H2,1H3,(H,25,31)/b5-3+. The summed E-state index contributed by atoms with van der Waals surface area (Å²) < 4.78 is 1.78. The smallest absolute Gasteiger partial charge is 0.257 e. The number of carbonyl (C=O) groups is 2. The summed E-state index contributed by atoms with van der Waals surface area (Å²) in [7, 11) is 1.81. The van der Waals surface area contributed by atoms with Crippen LogP contribution in [0.3, 0.4) is 0 Å². The Balaban J connectivity index is 1.21. The number of likely N-dealkylation sites (tertiary alicyclic amines) is 2. The largest absolute Gasteiger partial charge is 0.508 e. The minimum absolute atomic E-state index is 0.0646. The molecule has 32 heavy (non-hydrogen) atoms. The Morgan fingerprint density at radius 1 is 1.16 bits per heavy atom. The number of aromatic amines is 1. The van der Waals surface area contributed by atoms with E-state index >= 15 is 0 Å². The Morgan fingerprint density at radius 2 is 1.88 bits per heavy atom. The molecule has 0 bridgehead atoms. The Hall–Kier alpha value is -3.52. The van der Waals surface area contributed by atoms with Crippen LogP contribution in [0.15, 0.2) is 47.5 Å². The highest BCUT2D eigenvalue weighted by Crippen LogP contribution is 2.40. The molecule has 8 nitrogen and oxygen atoms in total. The number of aromatic nitrogens is 2. The normalized spacial score (nSPS) is 17.1. The van der Waals surface area contributed by atoms with E-state index in [1.165, 1.54) is 24.4 Å².